The number of hydrazine groups is 1. The molecule has 1 fully saturated rings. The first-order valence-corrected chi connectivity index (χ1v) is 13.4. The number of hydrogen-bond acceptors (Lipinski definition) is 8. The standard InChI is InChI=1S/C29H26N2O7S2/c1-3-36-24-14-20(8-13-23(24)38-17-26(32)33)15-25-28(35)31(29(39)40-25)30-27(34)21-9-11-22(12-10-21)37-16-19-6-4-18(2)5-7-19/h4-15H,3,16-17H2,1-2H3,(H,30,34)(H,32,33)/b25-15+. The average molecular weight is 579 g/mol. The van der Waals surface area contributed by atoms with E-state index in [4.69, 9.17) is 31.5 Å². The van der Waals surface area contributed by atoms with E-state index >= 15 is 0 Å². The van der Waals surface area contributed by atoms with E-state index in [0.29, 0.717) is 40.7 Å². The Morgan fingerprint density at radius 3 is 2.40 bits per heavy atom. The van der Waals surface area contributed by atoms with Crippen LogP contribution in [0.15, 0.2) is 71.6 Å². The lowest BCUT2D eigenvalue weighted by atomic mass is 10.2. The van der Waals surface area contributed by atoms with Crippen LogP contribution >= 0.6 is 24.0 Å². The molecule has 0 saturated carbocycles. The van der Waals surface area contributed by atoms with Crippen LogP contribution in [0.2, 0.25) is 0 Å². The number of amides is 2. The fourth-order valence-electron chi connectivity index (χ4n) is 3.58. The quantitative estimate of drug-likeness (QED) is 0.240. The minimum atomic E-state index is -1.11. The summed E-state index contributed by atoms with van der Waals surface area (Å²) < 4.78 is 16.8. The number of aryl methyl sites for hydroxylation is 1. The highest BCUT2D eigenvalue weighted by atomic mass is 32.2. The van der Waals surface area contributed by atoms with Crippen molar-refractivity contribution in [3.05, 3.63) is 93.9 Å². The fraction of sp³-hybridized carbons (Fsp3) is 0.172. The average Bonchev–Trinajstić information content (AvgIpc) is 3.19. The molecule has 1 aliphatic heterocycles. The van der Waals surface area contributed by atoms with Gasteiger partial charge in [0.1, 0.15) is 12.4 Å². The fourth-order valence-corrected chi connectivity index (χ4v) is 4.76. The van der Waals surface area contributed by atoms with E-state index in [1.165, 1.54) is 5.56 Å². The van der Waals surface area contributed by atoms with Crippen molar-refractivity contribution in [1.29, 1.82) is 0 Å². The zero-order chi connectivity index (χ0) is 28.6. The smallest absolute Gasteiger partial charge is 0.341 e. The van der Waals surface area contributed by atoms with Crippen molar-refractivity contribution < 1.29 is 33.7 Å². The van der Waals surface area contributed by atoms with Gasteiger partial charge in [0.05, 0.1) is 11.5 Å². The first-order valence-electron chi connectivity index (χ1n) is 12.2. The van der Waals surface area contributed by atoms with Crippen molar-refractivity contribution >= 4 is 52.2 Å². The number of carboxylic acid groups (broad SMARTS) is 1. The molecule has 206 valence electrons. The summed E-state index contributed by atoms with van der Waals surface area (Å²) in [6, 6.07) is 19.5. The number of thiocarbonyl (C=S) groups is 1. The Kier molecular flexibility index (Phi) is 9.41. The third-order valence-electron chi connectivity index (χ3n) is 5.57. The van der Waals surface area contributed by atoms with Gasteiger partial charge in [-0.05, 0) is 79.7 Å². The monoisotopic (exact) mass is 578 g/mol. The second kappa shape index (κ2) is 13.1. The van der Waals surface area contributed by atoms with Gasteiger partial charge in [0.25, 0.3) is 11.8 Å². The first-order chi connectivity index (χ1) is 19.2. The highest BCUT2D eigenvalue weighted by molar-refractivity contribution is 8.26. The van der Waals surface area contributed by atoms with Crippen molar-refractivity contribution in [2.75, 3.05) is 13.2 Å². The number of thioether (sulfide) groups is 1. The van der Waals surface area contributed by atoms with E-state index in [2.05, 4.69) is 5.43 Å². The number of nitrogens with zero attached hydrogens (tertiary/aromatic N) is 1. The molecule has 0 atom stereocenters. The zero-order valence-electron chi connectivity index (χ0n) is 21.7. The van der Waals surface area contributed by atoms with Gasteiger partial charge in [0.2, 0.25) is 0 Å². The van der Waals surface area contributed by atoms with Crippen LogP contribution in [-0.2, 0) is 16.2 Å². The number of carbonyl (C=O) groups is 3. The molecule has 0 spiro atoms. The van der Waals surface area contributed by atoms with Gasteiger partial charge in [0, 0.05) is 5.56 Å². The molecular weight excluding hydrogens is 552 g/mol. The van der Waals surface area contributed by atoms with Gasteiger partial charge in [-0.25, -0.2) is 4.79 Å². The van der Waals surface area contributed by atoms with E-state index in [1.807, 2.05) is 31.2 Å². The molecule has 9 nitrogen and oxygen atoms in total. The van der Waals surface area contributed by atoms with Crippen LogP contribution in [0, 0.1) is 6.92 Å². The van der Waals surface area contributed by atoms with Crippen molar-refractivity contribution in [1.82, 2.24) is 10.4 Å². The Balaban J connectivity index is 1.39. The maximum absolute atomic E-state index is 13.0. The number of carbonyl (C=O) groups excluding carboxylic acids is 2. The summed E-state index contributed by atoms with van der Waals surface area (Å²) >= 11 is 6.37. The van der Waals surface area contributed by atoms with Crippen LogP contribution in [0.5, 0.6) is 17.2 Å². The number of nitrogens with one attached hydrogen (secondary N) is 1. The minimum absolute atomic E-state index is 0.175. The summed E-state index contributed by atoms with van der Waals surface area (Å²) in [5, 5.41) is 9.90. The molecule has 1 aliphatic rings. The van der Waals surface area contributed by atoms with E-state index < -0.39 is 24.4 Å². The van der Waals surface area contributed by atoms with Crippen LogP contribution < -0.4 is 19.6 Å². The van der Waals surface area contributed by atoms with Gasteiger partial charge < -0.3 is 19.3 Å². The third-order valence-corrected chi connectivity index (χ3v) is 6.87. The summed E-state index contributed by atoms with van der Waals surface area (Å²) in [7, 11) is 0. The maximum Gasteiger partial charge on any atom is 0.341 e. The Hall–Kier alpha value is -4.35. The van der Waals surface area contributed by atoms with Gasteiger partial charge in [-0.1, -0.05) is 47.7 Å². The Morgan fingerprint density at radius 2 is 1.73 bits per heavy atom. The number of benzene rings is 3. The summed E-state index contributed by atoms with van der Waals surface area (Å²) in [4.78, 5) is 37.0. The minimum Gasteiger partial charge on any atom is -0.490 e. The van der Waals surface area contributed by atoms with Crippen molar-refractivity contribution in [3.63, 3.8) is 0 Å². The number of rotatable bonds is 11. The lowest BCUT2D eigenvalue weighted by Crippen LogP contribution is -2.44. The predicted molar refractivity (Wildman–Crippen MR) is 155 cm³/mol. The van der Waals surface area contributed by atoms with Crippen molar-refractivity contribution in [2.24, 2.45) is 0 Å². The topological polar surface area (TPSA) is 114 Å². The molecule has 1 heterocycles. The molecular formula is C29H26N2O7S2. The molecule has 2 amide bonds. The summed E-state index contributed by atoms with van der Waals surface area (Å²) in [5.74, 6) is -0.872. The molecule has 0 unspecified atom stereocenters. The van der Waals surface area contributed by atoms with Gasteiger partial charge in [-0.3, -0.25) is 15.0 Å². The largest absolute Gasteiger partial charge is 0.490 e. The molecule has 40 heavy (non-hydrogen) atoms. The molecule has 4 rings (SSSR count). The van der Waals surface area contributed by atoms with E-state index in [9.17, 15) is 14.4 Å². The lowest BCUT2D eigenvalue weighted by Gasteiger charge is -2.16. The molecule has 3 aromatic rings. The van der Waals surface area contributed by atoms with Crippen LogP contribution in [0.3, 0.4) is 0 Å². The molecule has 0 bridgehead atoms. The Labute approximate surface area is 240 Å². The molecule has 11 heteroatoms. The van der Waals surface area contributed by atoms with E-state index in [1.54, 1.807) is 55.5 Å². The van der Waals surface area contributed by atoms with Crippen molar-refractivity contribution in [3.8, 4) is 17.2 Å². The first kappa shape index (κ1) is 28.7. The van der Waals surface area contributed by atoms with Gasteiger partial charge >= 0.3 is 5.97 Å². The summed E-state index contributed by atoms with van der Waals surface area (Å²) in [6.45, 7) is 4.03. The number of aliphatic carboxylic acids is 1. The van der Waals surface area contributed by atoms with Crippen LogP contribution in [0.4, 0.5) is 0 Å². The molecule has 0 aliphatic carbocycles. The Morgan fingerprint density at radius 1 is 1.00 bits per heavy atom. The van der Waals surface area contributed by atoms with Gasteiger partial charge in [0.15, 0.2) is 22.4 Å². The maximum atomic E-state index is 13.0. The molecule has 1 saturated heterocycles. The molecule has 0 radical (unpaired) electrons. The summed E-state index contributed by atoms with van der Waals surface area (Å²) in [5.41, 5.74) is 5.71. The number of hydrogen-bond donors (Lipinski definition) is 2. The third kappa shape index (κ3) is 7.39. The highest BCUT2D eigenvalue weighted by Crippen LogP contribution is 2.34. The highest BCUT2D eigenvalue weighted by Gasteiger charge is 2.34. The van der Waals surface area contributed by atoms with E-state index in [-0.39, 0.29) is 10.1 Å². The van der Waals surface area contributed by atoms with Crippen molar-refractivity contribution in [2.45, 2.75) is 20.5 Å². The number of ether oxygens (including phenoxy) is 3. The van der Waals surface area contributed by atoms with E-state index in [0.717, 1.165) is 22.3 Å². The zero-order valence-corrected chi connectivity index (χ0v) is 23.3. The predicted octanol–water partition coefficient (Wildman–Crippen LogP) is 4.98. The second-order valence-corrected chi connectivity index (χ2v) is 10.3. The molecule has 0 aromatic heterocycles. The Bertz CT molecular complexity index is 1450. The second-order valence-electron chi connectivity index (χ2n) is 8.58. The van der Waals surface area contributed by atoms with Crippen LogP contribution in [-0.4, -0.2) is 45.4 Å². The van der Waals surface area contributed by atoms with Crippen LogP contribution in [0.1, 0.15) is 34.0 Å². The van der Waals surface area contributed by atoms with Crippen LogP contribution in [0.25, 0.3) is 6.08 Å². The SMILES string of the molecule is CCOc1cc(/C=C2/SC(=S)N(NC(=O)c3ccc(OCc4ccc(C)cc4)cc3)C2=O)ccc1OCC(=O)O. The van der Waals surface area contributed by atoms with Gasteiger partial charge in [-0.15, -0.1) is 0 Å². The molecule has 2 N–H and O–H groups in total. The summed E-state index contributed by atoms with van der Waals surface area (Å²) in [6.07, 6.45) is 1.61. The number of carboxylic acids is 1. The molecule has 3 aromatic carbocycles. The lowest BCUT2D eigenvalue weighted by molar-refractivity contribution is -0.139. The normalized spacial score (nSPS) is 13.8. The van der Waals surface area contributed by atoms with Gasteiger partial charge in [-0.2, -0.15) is 5.01 Å².